The van der Waals surface area contributed by atoms with Crippen LogP contribution >= 0.6 is 15.9 Å². The molecule has 0 atom stereocenters. The maximum atomic E-state index is 13.6. The molecule has 1 saturated heterocycles. The summed E-state index contributed by atoms with van der Waals surface area (Å²) in [6, 6.07) is 23.6. The molecule has 4 aromatic carbocycles. The lowest BCUT2D eigenvalue weighted by molar-refractivity contribution is 0.00578. The van der Waals surface area contributed by atoms with E-state index in [1.807, 2.05) is 41.5 Å². The SMILES string of the molecule is [C-]#[N+]c1cc2c(B3OC(C)(C)C(C)(C)O3)c(C)n(S(=O)(=O)c3ccccc3)c2cc1C.[C-]#[N+]c1cc2c(Br)c(C)n(S(=O)(=O)c3ccccc3)c2cc1C. The molecule has 1 fully saturated rings. The van der Waals surface area contributed by atoms with E-state index in [0.29, 0.717) is 54.7 Å². The van der Waals surface area contributed by atoms with Crippen molar-refractivity contribution in [2.24, 2.45) is 0 Å². The summed E-state index contributed by atoms with van der Waals surface area (Å²) < 4.78 is 69.2. The highest BCUT2D eigenvalue weighted by atomic mass is 79.9. The number of hydrogen-bond acceptors (Lipinski definition) is 6. The predicted molar refractivity (Wildman–Crippen MR) is 217 cm³/mol. The second kappa shape index (κ2) is 13.9. The highest BCUT2D eigenvalue weighted by Crippen LogP contribution is 2.40. The van der Waals surface area contributed by atoms with Crippen LogP contribution in [0.2, 0.25) is 0 Å². The predicted octanol–water partition coefficient (Wildman–Crippen LogP) is 9.15. The first-order chi connectivity index (χ1) is 25.3. The first kappa shape index (κ1) is 39.0. The standard InChI is InChI=1S/C23H25BN2O4S.C17H13BrN2O2S/c1-15-13-20-18(14-19(15)25-7)21(24-29-22(3,4)23(5,6)30-24)16(2)26(20)31(27,28)17-11-9-8-10-12-17;1-11-9-16-14(10-15(11)19-3)17(18)12(2)20(16)23(21,22)13-7-5-4-6-8-13/h8-14H,1-6H3;4-10H,1-2H3. The molecule has 0 aliphatic carbocycles. The molecular weight excluding hydrogens is 787 g/mol. The Morgan fingerprint density at radius 3 is 1.44 bits per heavy atom. The minimum atomic E-state index is -3.87. The zero-order valence-electron chi connectivity index (χ0n) is 31.1. The van der Waals surface area contributed by atoms with Gasteiger partial charge in [-0.15, -0.1) is 0 Å². The second-order valence-electron chi connectivity index (χ2n) is 14.2. The molecule has 0 saturated carbocycles. The van der Waals surface area contributed by atoms with Crippen molar-refractivity contribution in [1.29, 1.82) is 0 Å². The quantitative estimate of drug-likeness (QED) is 0.127. The van der Waals surface area contributed by atoms with E-state index in [1.54, 1.807) is 98.8 Å². The van der Waals surface area contributed by atoms with Gasteiger partial charge >= 0.3 is 7.12 Å². The van der Waals surface area contributed by atoms with E-state index in [-0.39, 0.29) is 9.79 Å². The fourth-order valence-electron chi connectivity index (χ4n) is 6.55. The van der Waals surface area contributed by atoms with Gasteiger partial charge in [0.15, 0.2) is 11.4 Å². The van der Waals surface area contributed by atoms with Crippen LogP contribution in [0.5, 0.6) is 0 Å². The Balaban J connectivity index is 0.000000193. The maximum Gasteiger partial charge on any atom is 0.497 e. The third-order valence-corrected chi connectivity index (χ3v) is 14.8. The Morgan fingerprint density at radius 1 is 0.630 bits per heavy atom. The van der Waals surface area contributed by atoms with E-state index in [2.05, 4.69) is 25.6 Å². The topological polar surface area (TPSA) is 105 Å². The van der Waals surface area contributed by atoms with Crippen molar-refractivity contribution in [1.82, 2.24) is 7.94 Å². The lowest BCUT2D eigenvalue weighted by Gasteiger charge is -2.32. The summed E-state index contributed by atoms with van der Waals surface area (Å²) in [4.78, 5) is 7.54. The van der Waals surface area contributed by atoms with Crippen molar-refractivity contribution in [2.45, 2.75) is 76.4 Å². The van der Waals surface area contributed by atoms with Gasteiger partial charge in [-0.3, -0.25) is 0 Å². The molecule has 14 heteroatoms. The van der Waals surface area contributed by atoms with Crippen LogP contribution in [0.25, 0.3) is 31.5 Å². The third kappa shape index (κ3) is 6.36. The fourth-order valence-corrected chi connectivity index (χ4v) is 10.3. The second-order valence-corrected chi connectivity index (χ2v) is 18.6. The molecule has 276 valence electrons. The molecule has 0 radical (unpaired) electrons. The van der Waals surface area contributed by atoms with Crippen LogP contribution in [0, 0.1) is 40.8 Å². The van der Waals surface area contributed by atoms with Crippen molar-refractivity contribution in [3.05, 3.63) is 135 Å². The van der Waals surface area contributed by atoms with Crippen LogP contribution in [0.15, 0.2) is 99.2 Å². The van der Waals surface area contributed by atoms with E-state index in [0.717, 1.165) is 10.9 Å². The zero-order valence-corrected chi connectivity index (χ0v) is 34.3. The van der Waals surface area contributed by atoms with Gasteiger partial charge in [-0.05, 0) is 136 Å². The van der Waals surface area contributed by atoms with Crippen molar-refractivity contribution in [3.63, 3.8) is 0 Å². The van der Waals surface area contributed by atoms with Gasteiger partial charge in [-0.1, -0.05) is 36.4 Å². The van der Waals surface area contributed by atoms with E-state index >= 15 is 0 Å². The third-order valence-electron chi connectivity index (χ3n) is 10.2. The van der Waals surface area contributed by atoms with Crippen LogP contribution in [-0.4, -0.2) is 43.1 Å². The maximum absolute atomic E-state index is 13.6. The van der Waals surface area contributed by atoms with Crippen molar-refractivity contribution >= 4 is 81.7 Å². The monoisotopic (exact) mass is 824 g/mol. The van der Waals surface area contributed by atoms with Gasteiger partial charge in [0.2, 0.25) is 0 Å². The van der Waals surface area contributed by atoms with E-state index in [9.17, 15) is 16.8 Å². The normalized spacial score (nSPS) is 15.1. The molecule has 10 nitrogen and oxygen atoms in total. The number of halogens is 1. The molecule has 1 aliphatic rings. The lowest BCUT2D eigenvalue weighted by Crippen LogP contribution is -2.41. The van der Waals surface area contributed by atoms with Crippen LogP contribution in [0.4, 0.5) is 11.4 Å². The largest absolute Gasteiger partial charge is 0.497 e. The van der Waals surface area contributed by atoms with Gasteiger partial charge in [-0.25, -0.2) is 34.5 Å². The summed E-state index contributed by atoms with van der Waals surface area (Å²) in [7, 11) is -8.32. The highest BCUT2D eigenvalue weighted by molar-refractivity contribution is 9.10. The summed E-state index contributed by atoms with van der Waals surface area (Å²) in [6.07, 6.45) is 0. The van der Waals surface area contributed by atoms with E-state index < -0.39 is 38.4 Å². The van der Waals surface area contributed by atoms with Gasteiger partial charge in [-0.2, -0.15) is 0 Å². The Bertz CT molecular complexity index is 2770. The van der Waals surface area contributed by atoms with E-state index in [4.69, 9.17) is 22.5 Å². The lowest BCUT2D eigenvalue weighted by atomic mass is 9.77. The summed E-state index contributed by atoms with van der Waals surface area (Å²) in [5.41, 5.74) is 4.12. The molecule has 1 aliphatic heterocycles. The Morgan fingerprint density at radius 2 is 1.02 bits per heavy atom. The summed E-state index contributed by atoms with van der Waals surface area (Å²) >= 11 is 3.47. The van der Waals surface area contributed by atoms with Gasteiger partial charge in [0.1, 0.15) is 0 Å². The van der Waals surface area contributed by atoms with Gasteiger partial charge in [0.05, 0.1) is 45.2 Å². The Kier molecular flexibility index (Phi) is 10.0. The molecule has 7 rings (SSSR count). The van der Waals surface area contributed by atoms with Crippen LogP contribution in [-0.2, 0) is 29.4 Å². The van der Waals surface area contributed by atoms with Crippen LogP contribution in [0.3, 0.4) is 0 Å². The molecule has 0 spiro atoms. The molecule has 0 amide bonds. The molecule has 6 aromatic rings. The van der Waals surface area contributed by atoms with Crippen molar-refractivity contribution in [3.8, 4) is 0 Å². The minimum absolute atomic E-state index is 0.197. The molecule has 2 aromatic heterocycles. The van der Waals surface area contributed by atoms with E-state index in [1.165, 1.54) is 7.94 Å². The number of aromatic nitrogens is 2. The van der Waals surface area contributed by atoms with Crippen LogP contribution < -0.4 is 5.46 Å². The number of nitrogens with zero attached hydrogens (tertiary/aromatic N) is 4. The smallest absolute Gasteiger partial charge is 0.399 e. The summed E-state index contributed by atoms with van der Waals surface area (Å²) in [5.74, 6) is 0. The molecule has 0 N–H and O–H groups in total. The van der Waals surface area contributed by atoms with Crippen LogP contribution in [0.1, 0.15) is 50.2 Å². The average molecular weight is 826 g/mol. The van der Waals surface area contributed by atoms with Gasteiger partial charge in [0.25, 0.3) is 20.0 Å². The average Bonchev–Trinajstić information content (AvgIpc) is 3.64. The molecular formula is C40H38BBrN4O6S2. The van der Waals surface area contributed by atoms with Crippen molar-refractivity contribution in [2.75, 3.05) is 0 Å². The number of benzene rings is 4. The molecule has 54 heavy (non-hydrogen) atoms. The molecule has 3 heterocycles. The van der Waals surface area contributed by atoms with Gasteiger partial charge in [0, 0.05) is 26.7 Å². The fraction of sp³-hybridized carbons (Fsp3) is 0.250. The Hall–Kier alpha value is -4.70. The molecule has 0 unspecified atom stereocenters. The number of fused-ring (bicyclic) bond motifs is 2. The number of hydrogen-bond donors (Lipinski definition) is 0. The summed E-state index contributed by atoms with van der Waals surface area (Å²) in [6.45, 7) is 29.7. The highest BCUT2D eigenvalue weighted by Gasteiger charge is 2.53. The number of rotatable bonds is 5. The van der Waals surface area contributed by atoms with Gasteiger partial charge < -0.3 is 9.31 Å². The first-order valence-electron chi connectivity index (χ1n) is 17.0. The molecule has 0 bridgehead atoms. The van der Waals surface area contributed by atoms with Crippen molar-refractivity contribution < 1.29 is 26.1 Å². The Labute approximate surface area is 325 Å². The zero-order chi connectivity index (χ0) is 39.5. The minimum Gasteiger partial charge on any atom is -0.399 e. The first-order valence-corrected chi connectivity index (χ1v) is 20.6. The summed E-state index contributed by atoms with van der Waals surface area (Å²) in [5, 5.41) is 1.37. The number of aryl methyl sites for hydroxylation is 2.